The minimum absolute atomic E-state index is 0.727. The molecule has 160 valence electrons. The molecule has 1 rings (SSSR count). The largest absolute Gasteiger partial charge is 0.489 e. The predicted octanol–water partition coefficient (Wildman–Crippen LogP) is 8.33. The standard InChI is InChI=1S/C26H44O2/c1-3-5-7-9-11-13-15-19-23-27-25-21-17-18-22-26(25)28-24-20-16-14-12-10-8-6-4-2/h17-18H,3-16,19-20,23-24H2,1-2H3. The van der Waals surface area contributed by atoms with Gasteiger partial charge >= 0.3 is 0 Å². The van der Waals surface area contributed by atoms with Crippen molar-refractivity contribution >= 4 is 0 Å². The Morgan fingerprint density at radius 1 is 0.500 bits per heavy atom. The van der Waals surface area contributed by atoms with Gasteiger partial charge in [0.25, 0.3) is 0 Å². The van der Waals surface area contributed by atoms with Crippen molar-refractivity contribution in [2.24, 2.45) is 0 Å². The fourth-order valence-electron chi connectivity index (χ4n) is 3.40. The molecular formula is C26H44O2. The second kappa shape index (κ2) is 19.2. The summed E-state index contributed by atoms with van der Waals surface area (Å²) in [7, 11) is 0. The summed E-state index contributed by atoms with van der Waals surface area (Å²) in [6.07, 6.45) is 21.0. The summed E-state index contributed by atoms with van der Waals surface area (Å²) in [5.41, 5.74) is 0. The first-order chi connectivity index (χ1) is 13.9. The van der Waals surface area contributed by atoms with Crippen LogP contribution >= 0.6 is 0 Å². The number of ether oxygens (including phenoxy) is 2. The van der Waals surface area contributed by atoms with Crippen molar-refractivity contribution in [2.75, 3.05) is 13.2 Å². The van der Waals surface area contributed by atoms with E-state index in [4.69, 9.17) is 9.47 Å². The number of hydrogen-bond donors (Lipinski definition) is 0. The Hall–Kier alpha value is -1.18. The van der Waals surface area contributed by atoms with Crippen LogP contribution in [0.3, 0.4) is 0 Å². The van der Waals surface area contributed by atoms with Gasteiger partial charge in [0.2, 0.25) is 0 Å². The van der Waals surface area contributed by atoms with E-state index in [0.717, 1.165) is 37.6 Å². The zero-order valence-electron chi connectivity index (χ0n) is 18.7. The Balaban J connectivity index is 2.06. The summed E-state index contributed by atoms with van der Waals surface area (Å²) in [4.78, 5) is 0. The minimum atomic E-state index is 0.727. The quantitative estimate of drug-likeness (QED) is 0.209. The van der Waals surface area contributed by atoms with Crippen molar-refractivity contribution in [2.45, 2.75) is 117 Å². The van der Waals surface area contributed by atoms with Gasteiger partial charge in [0.05, 0.1) is 13.2 Å². The molecule has 1 aromatic rings. The molecule has 0 N–H and O–H groups in total. The zero-order chi connectivity index (χ0) is 20.1. The van der Waals surface area contributed by atoms with Crippen molar-refractivity contribution in [3.8, 4) is 11.5 Å². The highest BCUT2D eigenvalue weighted by Crippen LogP contribution is 2.26. The van der Waals surface area contributed by atoms with Crippen molar-refractivity contribution in [1.29, 1.82) is 0 Å². The number of rotatable bonds is 20. The van der Waals surface area contributed by atoms with Gasteiger partial charge in [-0.15, -0.1) is 0 Å². The molecule has 2 nitrogen and oxygen atoms in total. The SMILES string of the molecule is CCCCCCCCCCOc1[c]cc[c]c1OCCCCCCCCCC. The Kier molecular flexibility index (Phi) is 17.0. The van der Waals surface area contributed by atoms with Crippen LogP contribution in [0.4, 0.5) is 0 Å². The lowest BCUT2D eigenvalue weighted by Crippen LogP contribution is -2.03. The second-order valence-corrected chi connectivity index (χ2v) is 7.93. The molecule has 2 radical (unpaired) electrons. The Bertz CT molecular complexity index is 403. The normalized spacial score (nSPS) is 10.9. The summed E-state index contributed by atoms with van der Waals surface area (Å²) in [6, 6.07) is 10.0. The molecule has 0 bridgehead atoms. The van der Waals surface area contributed by atoms with Crippen LogP contribution in [0, 0.1) is 12.1 Å². The van der Waals surface area contributed by atoms with Crippen LogP contribution in [0.15, 0.2) is 12.1 Å². The van der Waals surface area contributed by atoms with E-state index in [1.54, 1.807) is 0 Å². The van der Waals surface area contributed by atoms with E-state index in [1.807, 2.05) is 12.1 Å². The lowest BCUT2D eigenvalue weighted by atomic mass is 10.1. The summed E-state index contributed by atoms with van der Waals surface area (Å²) < 4.78 is 11.8. The maximum atomic E-state index is 5.90. The zero-order valence-corrected chi connectivity index (χ0v) is 18.7. The number of unbranched alkanes of at least 4 members (excludes halogenated alkanes) is 14. The van der Waals surface area contributed by atoms with Gasteiger partial charge in [-0.25, -0.2) is 0 Å². The third-order valence-electron chi connectivity index (χ3n) is 5.21. The molecule has 0 heterocycles. The monoisotopic (exact) mass is 388 g/mol. The van der Waals surface area contributed by atoms with Gasteiger partial charge in [0.1, 0.15) is 0 Å². The van der Waals surface area contributed by atoms with E-state index in [9.17, 15) is 0 Å². The molecule has 0 atom stereocenters. The maximum absolute atomic E-state index is 5.90. The number of hydrogen-bond acceptors (Lipinski definition) is 2. The van der Waals surface area contributed by atoms with Gasteiger partial charge in [-0.2, -0.15) is 0 Å². The molecule has 0 spiro atoms. The Labute approximate surface area is 175 Å². The highest BCUT2D eigenvalue weighted by atomic mass is 16.5. The van der Waals surface area contributed by atoms with E-state index >= 15 is 0 Å². The van der Waals surface area contributed by atoms with Gasteiger partial charge in [0.15, 0.2) is 11.5 Å². The molecule has 0 aromatic heterocycles. The molecule has 0 amide bonds. The van der Waals surface area contributed by atoms with E-state index < -0.39 is 0 Å². The van der Waals surface area contributed by atoms with Crippen LogP contribution in [-0.4, -0.2) is 13.2 Å². The van der Waals surface area contributed by atoms with Gasteiger partial charge in [-0.1, -0.05) is 104 Å². The van der Waals surface area contributed by atoms with Crippen LogP contribution in [0.2, 0.25) is 0 Å². The fourth-order valence-corrected chi connectivity index (χ4v) is 3.40. The molecule has 1 aromatic carbocycles. The van der Waals surface area contributed by atoms with Gasteiger partial charge < -0.3 is 9.47 Å². The van der Waals surface area contributed by atoms with Crippen LogP contribution in [0.5, 0.6) is 11.5 Å². The highest BCUT2D eigenvalue weighted by Gasteiger charge is 2.05. The van der Waals surface area contributed by atoms with Crippen LogP contribution in [0.25, 0.3) is 0 Å². The first kappa shape index (κ1) is 24.9. The summed E-state index contributed by atoms with van der Waals surface area (Å²) in [5.74, 6) is 1.45. The van der Waals surface area contributed by atoms with Crippen LogP contribution in [-0.2, 0) is 0 Å². The molecule has 0 fully saturated rings. The van der Waals surface area contributed by atoms with E-state index in [0.29, 0.717) is 0 Å². The Morgan fingerprint density at radius 2 is 0.821 bits per heavy atom. The topological polar surface area (TPSA) is 18.5 Å². The lowest BCUT2D eigenvalue weighted by molar-refractivity contribution is 0.257. The molecule has 28 heavy (non-hydrogen) atoms. The Morgan fingerprint density at radius 3 is 1.18 bits per heavy atom. The fraction of sp³-hybridized carbons (Fsp3) is 0.769. The van der Waals surface area contributed by atoms with Gasteiger partial charge in [-0.05, 0) is 25.0 Å². The van der Waals surface area contributed by atoms with E-state index in [-0.39, 0.29) is 0 Å². The third-order valence-corrected chi connectivity index (χ3v) is 5.21. The first-order valence-electron chi connectivity index (χ1n) is 12.1. The second-order valence-electron chi connectivity index (χ2n) is 7.93. The average molecular weight is 389 g/mol. The van der Waals surface area contributed by atoms with Crippen molar-refractivity contribution in [1.82, 2.24) is 0 Å². The minimum Gasteiger partial charge on any atom is -0.489 e. The van der Waals surface area contributed by atoms with Crippen LogP contribution in [0.1, 0.15) is 117 Å². The van der Waals surface area contributed by atoms with Crippen molar-refractivity contribution in [3.05, 3.63) is 24.3 Å². The predicted molar refractivity (Wildman–Crippen MR) is 120 cm³/mol. The lowest BCUT2D eigenvalue weighted by Gasteiger charge is -2.12. The smallest absolute Gasteiger partial charge is 0.169 e. The molecule has 0 saturated carbocycles. The molecular weight excluding hydrogens is 344 g/mol. The third kappa shape index (κ3) is 13.9. The van der Waals surface area contributed by atoms with Gasteiger partial charge in [0, 0.05) is 12.1 Å². The number of benzene rings is 1. The highest BCUT2D eigenvalue weighted by molar-refractivity contribution is 5.37. The molecule has 0 aliphatic rings. The van der Waals surface area contributed by atoms with Crippen molar-refractivity contribution < 1.29 is 9.47 Å². The maximum Gasteiger partial charge on any atom is 0.169 e. The van der Waals surface area contributed by atoms with E-state index in [1.165, 1.54) is 89.9 Å². The molecule has 0 unspecified atom stereocenters. The molecule has 0 aliphatic heterocycles. The summed E-state index contributed by atoms with van der Waals surface area (Å²) >= 11 is 0. The summed E-state index contributed by atoms with van der Waals surface area (Å²) in [5, 5.41) is 0. The summed E-state index contributed by atoms with van der Waals surface area (Å²) in [6.45, 7) is 6.03. The van der Waals surface area contributed by atoms with Crippen molar-refractivity contribution in [3.63, 3.8) is 0 Å². The van der Waals surface area contributed by atoms with Crippen LogP contribution < -0.4 is 9.47 Å². The first-order valence-corrected chi connectivity index (χ1v) is 12.1. The molecule has 2 heteroatoms. The average Bonchev–Trinajstić information content (AvgIpc) is 2.72. The van der Waals surface area contributed by atoms with E-state index in [2.05, 4.69) is 26.0 Å². The molecule has 0 saturated heterocycles. The van der Waals surface area contributed by atoms with Gasteiger partial charge in [-0.3, -0.25) is 0 Å². The molecule has 0 aliphatic carbocycles.